The van der Waals surface area contributed by atoms with Gasteiger partial charge in [-0.2, -0.15) is 0 Å². The second-order valence-corrected chi connectivity index (χ2v) is 9.86. The predicted octanol–water partition coefficient (Wildman–Crippen LogP) is 5.72. The smallest absolute Gasteiger partial charge is 0.259 e. The third-order valence-corrected chi connectivity index (χ3v) is 7.22. The summed E-state index contributed by atoms with van der Waals surface area (Å²) in [5, 5.41) is 2.95. The van der Waals surface area contributed by atoms with E-state index in [4.69, 9.17) is 16.3 Å². The summed E-state index contributed by atoms with van der Waals surface area (Å²) in [7, 11) is 5.52. The number of amides is 1. The van der Waals surface area contributed by atoms with Crippen LogP contribution in [0.2, 0.25) is 5.02 Å². The van der Waals surface area contributed by atoms with E-state index >= 15 is 0 Å². The van der Waals surface area contributed by atoms with Crippen LogP contribution in [-0.4, -0.2) is 54.7 Å². The van der Waals surface area contributed by atoms with Gasteiger partial charge in [-0.3, -0.25) is 9.36 Å². The van der Waals surface area contributed by atoms with Crippen molar-refractivity contribution in [2.45, 2.75) is 6.54 Å². The number of likely N-dealkylation sites (N-methyl/N-ethyl adjacent to an activating group) is 1. The summed E-state index contributed by atoms with van der Waals surface area (Å²) < 4.78 is 7.60. The fourth-order valence-corrected chi connectivity index (χ4v) is 5.07. The quantitative estimate of drug-likeness (QED) is 0.283. The van der Waals surface area contributed by atoms with Crippen LogP contribution in [0.25, 0.3) is 16.3 Å². The van der Waals surface area contributed by atoms with Gasteiger partial charge < -0.3 is 9.64 Å². The van der Waals surface area contributed by atoms with E-state index in [0.717, 1.165) is 33.3 Å². The number of ether oxygens (including phenoxy) is 1. The summed E-state index contributed by atoms with van der Waals surface area (Å²) in [6.07, 6.45) is 7.82. The van der Waals surface area contributed by atoms with Gasteiger partial charge in [0.05, 0.1) is 32.1 Å². The number of carbonyl (C=O) groups is 1. The third kappa shape index (κ3) is 4.83. The van der Waals surface area contributed by atoms with Gasteiger partial charge in [0.15, 0.2) is 0 Å². The van der Waals surface area contributed by atoms with Crippen LogP contribution in [0.1, 0.15) is 11.1 Å². The first-order chi connectivity index (χ1) is 17.9. The summed E-state index contributed by atoms with van der Waals surface area (Å²) in [5.41, 5.74) is 3.59. The molecule has 1 unspecified atom stereocenters. The van der Waals surface area contributed by atoms with E-state index in [0.29, 0.717) is 34.8 Å². The maximum Gasteiger partial charge on any atom is 0.259 e. The topological polar surface area (TPSA) is 47.4 Å². The van der Waals surface area contributed by atoms with Crippen molar-refractivity contribution in [2.75, 3.05) is 34.4 Å². The number of halogens is 1. The third-order valence-electron chi connectivity index (χ3n) is 6.85. The maximum absolute atomic E-state index is 13.8. The molecule has 0 spiro atoms. The van der Waals surface area contributed by atoms with Crippen molar-refractivity contribution in [3.8, 4) is 0 Å². The van der Waals surface area contributed by atoms with Gasteiger partial charge in [-0.25, -0.2) is 9.47 Å². The highest BCUT2D eigenvalue weighted by atomic mass is 35.5. The number of hydrogen-bond acceptors (Lipinski definition) is 3. The molecule has 1 amide bonds. The van der Waals surface area contributed by atoms with Crippen LogP contribution < -0.4 is 4.48 Å². The molecule has 37 heavy (non-hydrogen) atoms. The zero-order valence-electron chi connectivity index (χ0n) is 21.3. The minimum atomic E-state index is -0.0461. The fourth-order valence-electron chi connectivity index (χ4n) is 4.87. The van der Waals surface area contributed by atoms with Crippen molar-refractivity contribution in [2.24, 2.45) is 0 Å². The second kappa shape index (κ2) is 10.3. The van der Waals surface area contributed by atoms with Crippen molar-refractivity contribution >= 4 is 39.7 Å². The van der Waals surface area contributed by atoms with Crippen molar-refractivity contribution in [3.05, 3.63) is 113 Å². The Morgan fingerprint density at radius 1 is 1.05 bits per heavy atom. The lowest BCUT2D eigenvalue weighted by molar-refractivity contribution is -0.126. The maximum atomic E-state index is 13.8. The van der Waals surface area contributed by atoms with Gasteiger partial charge >= 0.3 is 0 Å². The molecule has 6 nitrogen and oxygen atoms in total. The molecule has 3 aromatic carbocycles. The van der Waals surface area contributed by atoms with E-state index in [1.54, 1.807) is 12.0 Å². The van der Waals surface area contributed by atoms with Crippen LogP contribution in [0.5, 0.6) is 0 Å². The molecule has 0 saturated carbocycles. The average Bonchev–Trinajstić information content (AvgIpc) is 3.53. The van der Waals surface area contributed by atoms with Gasteiger partial charge in [-0.1, -0.05) is 72.3 Å². The predicted molar refractivity (Wildman–Crippen MR) is 150 cm³/mol. The Labute approximate surface area is 222 Å². The Hall–Kier alpha value is -3.71. The Balaban J connectivity index is 1.62. The van der Waals surface area contributed by atoms with E-state index in [9.17, 15) is 4.79 Å². The van der Waals surface area contributed by atoms with Gasteiger partial charge in [0.1, 0.15) is 24.2 Å². The van der Waals surface area contributed by atoms with Crippen LogP contribution in [0, 0.1) is 0 Å². The van der Waals surface area contributed by atoms with E-state index in [-0.39, 0.29) is 5.91 Å². The molecule has 0 fully saturated rings. The second-order valence-electron chi connectivity index (χ2n) is 9.45. The summed E-state index contributed by atoms with van der Waals surface area (Å²) in [6.45, 7) is 1.55. The highest BCUT2D eigenvalue weighted by Gasteiger charge is 2.38. The molecule has 1 atom stereocenters. The Bertz CT molecular complexity index is 1520. The normalized spacial score (nSPS) is 17.1. The average molecular weight is 514 g/mol. The molecular weight excluding hydrogens is 484 g/mol. The standard InChI is InChI=1S/C30H30ClN4O2/c1-33(15-16-37-3)30(36)27-20-35(2,19-26(27)25-13-8-11-22-9-4-6-12-24(22)25)29-17-32-21-34(29)18-23-10-5-7-14-28(23)31/h4-14,17,19-21H,15-16,18H2,1-3H3/q+1. The Morgan fingerprint density at radius 2 is 1.81 bits per heavy atom. The first-order valence-corrected chi connectivity index (χ1v) is 12.6. The molecule has 4 aromatic rings. The highest BCUT2D eigenvalue weighted by molar-refractivity contribution is 6.31. The van der Waals surface area contributed by atoms with Crippen molar-refractivity contribution in [1.29, 1.82) is 0 Å². The van der Waals surface area contributed by atoms with E-state index in [1.807, 2.05) is 68.2 Å². The van der Waals surface area contributed by atoms with Gasteiger partial charge in [0.2, 0.25) is 5.82 Å². The lowest BCUT2D eigenvalue weighted by atomic mass is 9.94. The summed E-state index contributed by atoms with van der Waals surface area (Å²) in [6, 6.07) is 22.3. The largest absolute Gasteiger partial charge is 0.383 e. The first-order valence-electron chi connectivity index (χ1n) is 12.2. The number of hydrogen-bond donors (Lipinski definition) is 0. The fraction of sp³-hybridized carbons (Fsp3) is 0.200. The number of imidazole rings is 1. The monoisotopic (exact) mass is 513 g/mol. The molecule has 0 radical (unpaired) electrons. The zero-order chi connectivity index (χ0) is 26.0. The molecule has 0 N–H and O–H groups in total. The minimum Gasteiger partial charge on any atom is -0.383 e. The summed E-state index contributed by atoms with van der Waals surface area (Å²) in [4.78, 5) is 19.9. The van der Waals surface area contributed by atoms with Crippen LogP contribution in [0.15, 0.2) is 97.2 Å². The van der Waals surface area contributed by atoms with E-state index in [1.165, 1.54) is 0 Å². The molecule has 2 heterocycles. The number of rotatable bonds is 8. The van der Waals surface area contributed by atoms with Crippen LogP contribution in [0.3, 0.4) is 0 Å². The number of quaternary nitrogens is 1. The molecule has 1 aliphatic heterocycles. The lowest BCUT2D eigenvalue weighted by Gasteiger charge is -2.23. The highest BCUT2D eigenvalue weighted by Crippen LogP contribution is 2.40. The number of methoxy groups -OCH3 is 1. The number of carbonyl (C=O) groups excluding carboxylic acids is 1. The molecule has 7 heteroatoms. The molecular formula is C30H30ClN4O2+. The number of nitrogens with zero attached hydrogens (tertiary/aromatic N) is 4. The van der Waals surface area contributed by atoms with Crippen LogP contribution in [0.4, 0.5) is 5.82 Å². The van der Waals surface area contributed by atoms with Gasteiger partial charge in [-0.15, -0.1) is 0 Å². The van der Waals surface area contributed by atoms with Crippen LogP contribution in [-0.2, 0) is 16.1 Å². The van der Waals surface area contributed by atoms with Crippen LogP contribution >= 0.6 is 11.6 Å². The zero-order valence-corrected chi connectivity index (χ0v) is 22.0. The number of fused-ring (bicyclic) bond motifs is 1. The molecule has 0 aliphatic carbocycles. The molecule has 1 aromatic heterocycles. The molecule has 0 bridgehead atoms. The van der Waals surface area contributed by atoms with Gasteiger partial charge in [0.25, 0.3) is 5.91 Å². The van der Waals surface area contributed by atoms with E-state index < -0.39 is 0 Å². The number of benzene rings is 3. The van der Waals surface area contributed by atoms with Crippen molar-refractivity contribution < 1.29 is 9.53 Å². The Morgan fingerprint density at radius 3 is 2.62 bits per heavy atom. The molecule has 188 valence electrons. The van der Waals surface area contributed by atoms with E-state index in [2.05, 4.69) is 47.1 Å². The van der Waals surface area contributed by atoms with Gasteiger partial charge in [0, 0.05) is 25.7 Å². The summed E-state index contributed by atoms with van der Waals surface area (Å²) >= 11 is 6.46. The number of aromatic nitrogens is 2. The van der Waals surface area contributed by atoms with Crippen molar-refractivity contribution in [1.82, 2.24) is 18.9 Å². The first kappa shape index (κ1) is 25.0. The summed E-state index contributed by atoms with van der Waals surface area (Å²) in [5.74, 6) is 0.884. The molecule has 5 rings (SSSR count). The Kier molecular flexibility index (Phi) is 6.98. The van der Waals surface area contributed by atoms with Gasteiger partial charge in [-0.05, 0) is 28.0 Å². The SMILES string of the molecule is COCCN(C)C(=O)C1=C[N+](C)(c2cncn2Cc2ccccc2Cl)C=C1c1cccc2ccccc12. The molecule has 0 saturated heterocycles. The molecule has 1 aliphatic rings. The minimum absolute atomic E-state index is 0.0461. The van der Waals surface area contributed by atoms with Crippen molar-refractivity contribution in [3.63, 3.8) is 0 Å². The lowest BCUT2D eigenvalue weighted by Crippen LogP contribution is -2.34.